The molecule has 0 heterocycles. The van der Waals surface area contributed by atoms with Crippen LogP contribution < -0.4 is 15.8 Å². The average molecular weight is 279 g/mol. The summed E-state index contributed by atoms with van der Waals surface area (Å²) in [6, 6.07) is 6.00. The minimum atomic E-state index is 0.0333. The van der Waals surface area contributed by atoms with Gasteiger partial charge in [-0.3, -0.25) is 9.69 Å². The average Bonchev–Trinajstić information content (AvgIpc) is 2.47. The smallest absolute Gasteiger partial charge is 0.233 e. The fourth-order valence-corrected chi connectivity index (χ4v) is 2.16. The number of carbonyl (C=O) groups excluding carboxylic acids is 1. The van der Waals surface area contributed by atoms with Crippen LogP contribution in [0.4, 0.5) is 0 Å². The molecule has 0 aliphatic rings. The monoisotopic (exact) mass is 279 g/mol. The maximum Gasteiger partial charge on any atom is 0.233 e. The Kier molecular flexibility index (Phi) is 7.04. The van der Waals surface area contributed by atoms with E-state index in [1.54, 1.807) is 14.2 Å². The van der Waals surface area contributed by atoms with Gasteiger partial charge in [-0.15, -0.1) is 0 Å². The zero-order valence-electron chi connectivity index (χ0n) is 12.6. The molecule has 1 aromatic rings. The van der Waals surface area contributed by atoms with Gasteiger partial charge in [0.25, 0.3) is 0 Å². The molecule has 0 radical (unpaired) electrons. The number of likely N-dealkylation sites (N-methyl/N-ethyl adjacent to an activating group) is 1. The number of benzene rings is 1. The largest absolute Gasteiger partial charge is 0.496 e. The molecular weight excluding hydrogens is 254 g/mol. The molecule has 5 nitrogen and oxygen atoms in total. The van der Waals surface area contributed by atoms with Crippen molar-refractivity contribution in [1.82, 2.24) is 10.2 Å². The van der Waals surface area contributed by atoms with E-state index in [4.69, 9.17) is 10.5 Å². The van der Waals surface area contributed by atoms with Crippen LogP contribution in [0.5, 0.6) is 5.75 Å². The maximum atomic E-state index is 11.5. The van der Waals surface area contributed by atoms with Crippen molar-refractivity contribution in [3.05, 3.63) is 29.3 Å². The summed E-state index contributed by atoms with van der Waals surface area (Å²) in [6.45, 7) is 4.58. The van der Waals surface area contributed by atoms with Crippen molar-refractivity contribution in [2.75, 3.05) is 27.2 Å². The highest BCUT2D eigenvalue weighted by atomic mass is 16.5. The molecule has 0 atom stereocenters. The van der Waals surface area contributed by atoms with E-state index in [9.17, 15) is 4.79 Å². The van der Waals surface area contributed by atoms with Gasteiger partial charge in [-0.05, 0) is 30.7 Å². The van der Waals surface area contributed by atoms with Gasteiger partial charge in [0, 0.05) is 25.7 Å². The van der Waals surface area contributed by atoms with Crippen LogP contribution in [0.3, 0.4) is 0 Å². The van der Waals surface area contributed by atoms with Crippen molar-refractivity contribution < 1.29 is 9.53 Å². The van der Waals surface area contributed by atoms with Gasteiger partial charge in [0.15, 0.2) is 0 Å². The number of ether oxygens (including phenoxy) is 1. The van der Waals surface area contributed by atoms with E-state index in [2.05, 4.69) is 17.1 Å². The van der Waals surface area contributed by atoms with Crippen molar-refractivity contribution >= 4 is 5.91 Å². The number of nitrogens with one attached hydrogen (secondary N) is 1. The highest BCUT2D eigenvalue weighted by Gasteiger charge is 2.11. The van der Waals surface area contributed by atoms with Crippen LogP contribution in [0, 0.1) is 0 Å². The molecule has 0 saturated heterocycles. The summed E-state index contributed by atoms with van der Waals surface area (Å²) in [5.74, 6) is 0.843. The molecule has 0 unspecified atom stereocenters. The van der Waals surface area contributed by atoms with E-state index in [-0.39, 0.29) is 5.91 Å². The summed E-state index contributed by atoms with van der Waals surface area (Å²) in [6.07, 6.45) is 1.01. The summed E-state index contributed by atoms with van der Waals surface area (Å²) in [5.41, 5.74) is 7.86. The number of rotatable bonds is 8. The molecule has 112 valence electrons. The lowest BCUT2D eigenvalue weighted by molar-refractivity contribution is -0.121. The fourth-order valence-electron chi connectivity index (χ4n) is 2.16. The SMILES string of the molecule is CCCN(CC(=O)NC)Cc1ccc(OC)c(CN)c1. The van der Waals surface area contributed by atoms with E-state index in [1.165, 1.54) is 0 Å². The number of hydrogen-bond donors (Lipinski definition) is 2. The molecule has 1 aromatic carbocycles. The van der Waals surface area contributed by atoms with Crippen molar-refractivity contribution in [3.8, 4) is 5.75 Å². The highest BCUT2D eigenvalue weighted by Crippen LogP contribution is 2.20. The molecule has 0 aliphatic heterocycles. The van der Waals surface area contributed by atoms with Crippen LogP contribution in [-0.4, -0.2) is 38.1 Å². The van der Waals surface area contributed by atoms with Crippen LogP contribution in [0.15, 0.2) is 18.2 Å². The fraction of sp³-hybridized carbons (Fsp3) is 0.533. The van der Waals surface area contributed by atoms with Crippen molar-refractivity contribution in [2.24, 2.45) is 5.73 Å². The van der Waals surface area contributed by atoms with E-state index in [0.717, 1.165) is 36.4 Å². The Morgan fingerprint density at radius 3 is 2.75 bits per heavy atom. The Morgan fingerprint density at radius 1 is 1.45 bits per heavy atom. The Bertz CT molecular complexity index is 435. The van der Waals surface area contributed by atoms with Gasteiger partial charge in [0.05, 0.1) is 13.7 Å². The molecule has 0 fully saturated rings. The second kappa shape index (κ2) is 8.55. The number of nitrogens with two attached hydrogens (primary N) is 1. The standard InChI is InChI=1S/C15H25N3O2/c1-4-7-18(11-15(19)17-2)10-12-5-6-14(20-3)13(8-12)9-16/h5-6,8H,4,7,9-11,16H2,1-3H3,(H,17,19). The summed E-state index contributed by atoms with van der Waals surface area (Å²) >= 11 is 0. The molecule has 3 N–H and O–H groups in total. The molecule has 0 saturated carbocycles. The summed E-state index contributed by atoms with van der Waals surface area (Å²) < 4.78 is 5.27. The van der Waals surface area contributed by atoms with Crippen molar-refractivity contribution in [1.29, 1.82) is 0 Å². The molecular formula is C15H25N3O2. The van der Waals surface area contributed by atoms with E-state index >= 15 is 0 Å². The first-order valence-corrected chi connectivity index (χ1v) is 6.93. The van der Waals surface area contributed by atoms with Gasteiger partial charge < -0.3 is 15.8 Å². The van der Waals surface area contributed by atoms with Gasteiger partial charge in [-0.1, -0.05) is 13.0 Å². The predicted octanol–water partition coefficient (Wildman–Crippen LogP) is 1.11. The Labute approximate surface area is 121 Å². The van der Waals surface area contributed by atoms with Gasteiger partial charge in [-0.25, -0.2) is 0 Å². The van der Waals surface area contributed by atoms with Gasteiger partial charge >= 0.3 is 0 Å². The lowest BCUT2D eigenvalue weighted by atomic mass is 10.1. The Balaban J connectivity index is 2.79. The molecule has 20 heavy (non-hydrogen) atoms. The molecule has 5 heteroatoms. The number of carbonyl (C=O) groups is 1. The molecule has 0 aromatic heterocycles. The number of hydrogen-bond acceptors (Lipinski definition) is 4. The van der Waals surface area contributed by atoms with Crippen molar-refractivity contribution in [3.63, 3.8) is 0 Å². The zero-order chi connectivity index (χ0) is 15.0. The molecule has 1 amide bonds. The normalized spacial score (nSPS) is 10.7. The maximum absolute atomic E-state index is 11.5. The molecule has 0 aliphatic carbocycles. The summed E-state index contributed by atoms with van der Waals surface area (Å²) in [4.78, 5) is 13.6. The van der Waals surface area contributed by atoms with E-state index in [1.807, 2.05) is 18.2 Å². The van der Waals surface area contributed by atoms with Crippen LogP contribution >= 0.6 is 0 Å². The second-order valence-corrected chi connectivity index (χ2v) is 4.73. The van der Waals surface area contributed by atoms with Crippen LogP contribution in [0.1, 0.15) is 24.5 Å². The quantitative estimate of drug-likeness (QED) is 0.748. The lowest BCUT2D eigenvalue weighted by Gasteiger charge is -2.21. The topological polar surface area (TPSA) is 67.6 Å². The number of amides is 1. The third-order valence-corrected chi connectivity index (χ3v) is 3.16. The van der Waals surface area contributed by atoms with Crippen LogP contribution in [0.25, 0.3) is 0 Å². The highest BCUT2D eigenvalue weighted by molar-refractivity contribution is 5.77. The molecule has 0 spiro atoms. The lowest BCUT2D eigenvalue weighted by Crippen LogP contribution is -2.35. The molecule has 1 rings (SSSR count). The first kappa shape index (κ1) is 16.5. The Hall–Kier alpha value is -1.59. The minimum absolute atomic E-state index is 0.0333. The van der Waals surface area contributed by atoms with Crippen molar-refractivity contribution in [2.45, 2.75) is 26.4 Å². The summed E-state index contributed by atoms with van der Waals surface area (Å²) in [7, 11) is 3.30. The first-order chi connectivity index (χ1) is 9.64. The third-order valence-electron chi connectivity index (χ3n) is 3.16. The van der Waals surface area contributed by atoms with Crippen LogP contribution in [-0.2, 0) is 17.9 Å². The predicted molar refractivity (Wildman–Crippen MR) is 80.5 cm³/mol. The number of nitrogens with zero attached hydrogens (tertiary/aromatic N) is 1. The number of methoxy groups -OCH3 is 1. The Morgan fingerprint density at radius 2 is 2.20 bits per heavy atom. The second-order valence-electron chi connectivity index (χ2n) is 4.73. The van der Waals surface area contributed by atoms with Gasteiger partial charge in [-0.2, -0.15) is 0 Å². The third kappa shape index (κ3) is 4.83. The zero-order valence-corrected chi connectivity index (χ0v) is 12.6. The van der Waals surface area contributed by atoms with Gasteiger partial charge in [0.2, 0.25) is 5.91 Å². The van der Waals surface area contributed by atoms with E-state index in [0.29, 0.717) is 13.1 Å². The van der Waals surface area contributed by atoms with E-state index < -0.39 is 0 Å². The van der Waals surface area contributed by atoms with Crippen LogP contribution in [0.2, 0.25) is 0 Å². The first-order valence-electron chi connectivity index (χ1n) is 6.93. The summed E-state index contributed by atoms with van der Waals surface area (Å²) in [5, 5.41) is 2.66. The molecule has 0 bridgehead atoms. The minimum Gasteiger partial charge on any atom is -0.496 e. The van der Waals surface area contributed by atoms with Gasteiger partial charge in [0.1, 0.15) is 5.75 Å².